The van der Waals surface area contributed by atoms with Crippen molar-refractivity contribution in [3.05, 3.63) is 53.7 Å². The fraction of sp³-hybridized carbons (Fsp3) is 0.250. The zero-order valence-corrected chi connectivity index (χ0v) is 13.4. The minimum absolute atomic E-state index is 0.0215. The van der Waals surface area contributed by atoms with Crippen molar-refractivity contribution in [1.29, 1.82) is 0 Å². The van der Waals surface area contributed by atoms with E-state index in [0.717, 1.165) is 5.69 Å². The molecular formula is C16H17N5O3. The fourth-order valence-electron chi connectivity index (χ4n) is 2.15. The fourth-order valence-corrected chi connectivity index (χ4v) is 2.15. The van der Waals surface area contributed by atoms with Crippen LogP contribution in [0.25, 0.3) is 0 Å². The van der Waals surface area contributed by atoms with Gasteiger partial charge in [0, 0.05) is 6.54 Å². The highest BCUT2D eigenvalue weighted by molar-refractivity contribution is 6.01. The summed E-state index contributed by atoms with van der Waals surface area (Å²) in [5.41, 5.74) is 1.21. The summed E-state index contributed by atoms with van der Waals surface area (Å²) in [4.78, 5) is 12.3. The molecule has 0 aliphatic rings. The van der Waals surface area contributed by atoms with Crippen molar-refractivity contribution in [2.24, 2.45) is 0 Å². The van der Waals surface area contributed by atoms with Crippen LogP contribution in [0.4, 0.5) is 6.01 Å². The third kappa shape index (κ3) is 3.60. The number of aryl methyl sites for hydroxylation is 2. The zero-order chi connectivity index (χ0) is 16.9. The van der Waals surface area contributed by atoms with E-state index in [1.807, 2.05) is 44.2 Å². The Morgan fingerprint density at radius 3 is 2.83 bits per heavy atom. The molecule has 0 atom stereocenters. The summed E-state index contributed by atoms with van der Waals surface area (Å²) in [6, 6.07) is 11.0. The number of hydrogen-bond donors (Lipinski definition) is 1. The van der Waals surface area contributed by atoms with Crippen molar-refractivity contribution in [1.82, 2.24) is 20.0 Å². The molecule has 0 saturated carbocycles. The molecule has 0 spiro atoms. The smallest absolute Gasteiger partial charge is 0.322 e. The molecule has 8 heteroatoms. The van der Waals surface area contributed by atoms with Gasteiger partial charge in [-0.1, -0.05) is 23.3 Å². The number of hydrogen-bond acceptors (Lipinski definition) is 6. The number of para-hydroxylation sites is 1. The molecule has 0 aliphatic carbocycles. The third-order valence-corrected chi connectivity index (χ3v) is 3.23. The Morgan fingerprint density at radius 2 is 2.08 bits per heavy atom. The number of ether oxygens (including phenoxy) is 1. The molecule has 3 rings (SSSR count). The lowest BCUT2D eigenvalue weighted by Gasteiger charge is -2.03. The van der Waals surface area contributed by atoms with Crippen molar-refractivity contribution in [3.8, 4) is 5.75 Å². The van der Waals surface area contributed by atoms with Gasteiger partial charge in [-0.15, -0.1) is 5.10 Å². The maximum atomic E-state index is 12.3. The lowest BCUT2D eigenvalue weighted by Crippen LogP contribution is -2.17. The highest BCUT2D eigenvalue weighted by Gasteiger charge is 2.16. The van der Waals surface area contributed by atoms with Crippen LogP contribution in [0.3, 0.4) is 0 Å². The van der Waals surface area contributed by atoms with Gasteiger partial charge in [0.1, 0.15) is 11.4 Å². The quantitative estimate of drug-likeness (QED) is 0.747. The van der Waals surface area contributed by atoms with Gasteiger partial charge in [-0.25, -0.2) is 0 Å². The van der Waals surface area contributed by atoms with E-state index in [1.165, 1.54) is 0 Å². The van der Waals surface area contributed by atoms with Crippen molar-refractivity contribution >= 4 is 11.9 Å². The summed E-state index contributed by atoms with van der Waals surface area (Å²) in [5, 5.41) is 14.4. The van der Waals surface area contributed by atoms with Gasteiger partial charge in [0.15, 0.2) is 6.61 Å². The van der Waals surface area contributed by atoms with Crippen LogP contribution in [0.2, 0.25) is 0 Å². The van der Waals surface area contributed by atoms with Crippen molar-refractivity contribution in [2.45, 2.75) is 27.0 Å². The van der Waals surface area contributed by atoms with E-state index in [-0.39, 0.29) is 24.4 Å². The molecule has 2 aromatic heterocycles. The van der Waals surface area contributed by atoms with E-state index >= 15 is 0 Å². The normalized spacial score (nSPS) is 10.6. The predicted octanol–water partition coefficient (Wildman–Crippen LogP) is 2.43. The number of nitrogens with zero attached hydrogens (tertiary/aromatic N) is 4. The second kappa shape index (κ2) is 6.95. The molecule has 124 valence electrons. The standard InChI is InChI=1S/C16H17N5O3/c1-3-21-13(9-11(2)20-21)15(22)17-16-19-18-14(24-16)10-23-12-7-5-4-6-8-12/h4-9H,3,10H2,1-2H3,(H,17,19,22). The molecule has 0 unspecified atom stereocenters. The van der Waals surface area contributed by atoms with Gasteiger partial charge < -0.3 is 9.15 Å². The van der Waals surface area contributed by atoms with Crippen LogP contribution in [0.5, 0.6) is 5.75 Å². The van der Waals surface area contributed by atoms with Crippen LogP contribution in [-0.2, 0) is 13.2 Å². The lowest BCUT2D eigenvalue weighted by atomic mass is 10.3. The Morgan fingerprint density at radius 1 is 1.29 bits per heavy atom. The van der Waals surface area contributed by atoms with Crippen LogP contribution < -0.4 is 10.1 Å². The monoisotopic (exact) mass is 327 g/mol. The lowest BCUT2D eigenvalue weighted by molar-refractivity contribution is 0.101. The van der Waals surface area contributed by atoms with Crippen LogP contribution in [0.15, 0.2) is 40.8 Å². The number of amides is 1. The molecule has 0 aliphatic heterocycles. The first-order valence-electron chi connectivity index (χ1n) is 7.51. The Balaban J connectivity index is 1.62. The predicted molar refractivity (Wildman–Crippen MR) is 85.7 cm³/mol. The van der Waals surface area contributed by atoms with Crippen molar-refractivity contribution in [3.63, 3.8) is 0 Å². The number of benzene rings is 1. The van der Waals surface area contributed by atoms with Gasteiger partial charge in [0.05, 0.1) is 5.69 Å². The summed E-state index contributed by atoms with van der Waals surface area (Å²) >= 11 is 0. The van der Waals surface area contributed by atoms with E-state index in [2.05, 4.69) is 20.6 Å². The second-order valence-corrected chi connectivity index (χ2v) is 5.04. The zero-order valence-electron chi connectivity index (χ0n) is 13.4. The largest absolute Gasteiger partial charge is 0.484 e. The molecule has 0 saturated heterocycles. The minimum atomic E-state index is -0.350. The van der Waals surface area contributed by atoms with Gasteiger partial charge in [-0.2, -0.15) is 5.10 Å². The molecule has 8 nitrogen and oxygen atoms in total. The molecule has 1 aromatic carbocycles. The summed E-state index contributed by atoms with van der Waals surface area (Å²) in [6.07, 6.45) is 0. The average Bonchev–Trinajstić information content (AvgIpc) is 3.20. The maximum absolute atomic E-state index is 12.3. The molecule has 0 bridgehead atoms. The SMILES string of the molecule is CCn1nc(C)cc1C(=O)Nc1nnc(COc2ccccc2)o1. The van der Waals surface area contributed by atoms with Gasteiger partial charge in [0.2, 0.25) is 0 Å². The molecule has 1 N–H and O–H groups in total. The van der Waals surface area contributed by atoms with Crippen molar-refractivity contribution < 1.29 is 13.9 Å². The number of nitrogens with one attached hydrogen (secondary N) is 1. The van der Waals surface area contributed by atoms with E-state index in [0.29, 0.717) is 18.0 Å². The number of rotatable bonds is 6. The van der Waals surface area contributed by atoms with Crippen LogP contribution >= 0.6 is 0 Å². The molecule has 3 aromatic rings. The van der Waals surface area contributed by atoms with E-state index in [4.69, 9.17) is 9.15 Å². The van der Waals surface area contributed by atoms with Crippen LogP contribution in [-0.4, -0.2) is 25.9 Å². The van der Waals surface area contributed by atoms with Crippen LogP contribution in [0, 0.1) is 6.92 Å². The summed E-state index contributed by atoms with van der Waals surface area (Å²) < 4.78 is 12.5. The number of aromatic nitrogens is 4. The molecular weight excluding hydrogens is 310 g/mol. The first-order valence-corrected chi connectivity index (χ1v) is 7.51. The Bertz CT molecular complexity index is 825. The average molecular weight is 327 g/mol. The molecule has 2 heterocycles. The summed E-state index contributed by atoms with van der Waals surface area (Å²) in [7, 11) is 0. The molecule has 1 amide bonds. The van der Waals surface area contributed by atoms with Crippen molar-refractivity contribution in [2.75, 3.05) is 5.32 Å². The molecule has 24 heavy (non-hydrogen) atoms. The second-order valence-electron chi connectivity index (χ2n) is 5.04. The topological polar surface area (TPSA) is 95.1 Å². The third-order valence-electron chi connectivity index (χ3n) is 3.23. The number of anilines is 1. The summed E-state index contributed by atoms with van der Waals surface area (Å²) in [5.74, 6) is 0.620. The van der Waals surface area contributed by atoms with Gasteiger partial charge in [-0.3, -0.25) is 14.8 Å². The minimum Gasteiger partial charge on any atom is -0.484 e. The Hall–Kier alpha value is -3.16. The molecule has 0 fully saturated rings. The van der Waals surface area contributed by atoms with Gasteiger partial charge >= 0.3 is 6.01 Å². The maximum Gasteiger partial charge on any atom is 0.322 e. The number of carbonyl (C=O) groups is 1. The van der Waals surface area contributed by atoms with E-state index < -0.39 is 0 Å². The first-order chi connectivity index (χ1) is 11.7. The van der Waals surface area contributed by atoms with Gasteiger partial charge in [0.25, 0.3) is 11.8 Å². The Kier molecular flexibility index (Phi) is 4.55. The highest BCUT2D eigenvalue weighted by atomic mass is 16.5. The van der Waals surface area contributed by atoms with Crippen LogP contribution in [0.1, 0.15) is 29.0 Å². The van der Waals surface area contributed by atoms with E-state index in [9.17, 15) is 4.79 Å². The van der Waals surface area contributed by atoms with E-state index in [1.54, 1.807) is 10.7 Å². The first kappa shape index (κ1) is 15.7. The number of carbonyl (C=O) groups excluding carboxylic acids is 1. The Labute approximate surface area is 138 Å². The highest BCUT2D eigenvalue weighted by Crippen LogP contribution is 2.13. The van der Waals surface area contributed by atoms with Gasteiger partial charge in [-0.05, 0) is 32.0 Å². The summed E-state index contributed by atoms with van der Waals surface area (Å²) in [6.45, 7) is 4.46. The molecule has 0 radical (unpaired) electrons.